The Hall–Kier alpha value is -2.33. The van der Waals surface area contributed by atoms with Crippen LogP contribution in [0.5, 0.6) is 5.75 Å². The Balaban J connectivity index is 1.70. The third-order valence-corrected chi connectivity index (χ3v) is 4.14. The number of halogens is 3. The van der Waals surface area contributed by atoms with Gasteiger partial charge in [-0.3, -0.25) is 9.59 Å². The minimum Gasteiger partial charge on any atom is -0.432 e. The molecule has 0 aliphatic carbocycles. The number of benzene rings is 1. The standard InChI is InChI=1S/C17H23F3N4O3/c1-23-7-9-24(10-8-23)6-2-5-21-15(25)16(26)22-12-3-4-14(13(18)11-12)27-17(19)20/h3-4,11,17H,2,5-10H2,1H3,(H,21,25)(H,22,26). The third kappa shape index (κ3) is 7.06. The van der Waals surface area contributed by atoms with Gasteiger partial charge in [-0.1, -0.05) is 0 Å². The van der Waals surface area contributed by atoms with Crippen molar-refractivity contribution in [3.05, 3.63) is 24.0 Å². The first-order valence-corrected chi connectivity index (χ1v) is 8.59. The van der Waals surface area contributed by atoms with E-state index in [9.17, 15) is 22.8 Å². The Labute approximate surface area is 155 Å². The van der Waals surface area contributed by atoms with Gasteiger partial charge in [-0.2, -0.15) is 8.78 Å². The number of hydrogen-bond acceptors (Lipinski definition) is 5. The fourth-order valence-corrected chi connectivity index (χ4v) is 2.61. The first-order valence-electron chi connectivity index (χ1n) is 8.59. The fraction of sp³-hybridized carbons (Fsp3) is 0.529. The zero-order chi connectivity index (χ0) is 19.8. The number of rotatable bonds is 7. The average molecular weight is 388 g/mol. The zero-order valence-electron chi connectivity index (χ0n) is 15.0. The molecule has 27 heavy (non-hydrogen) atoms. The summed E-state index contributed by atoms with van der Waals surface area (Å²) in [6.45, 7) is 1.97. The molecule has 10 heteroatoms. The maximum atomic E-state index is 13.6. The molecule has 2 amide bonds. The van der Waals surface area contributed by atoms with E-state index in [1.54, 1.807) is 0 Å². The summed E-state index contributed by atoms with van der Waals surface area (Å²) in [5.41, 5.74) is -0.0355. The van der Waals surface area contributed by atoms with E-state index >= 15 is 0 Å². The molecular weight excluding hydrogens is 365 g/mol. The van der Waals surface area contributed by atoms with Gasteiger partial charge in [0.15, 0.2) is 11.6 Å². The highest BCUT2D eigenvalue weighted by Crippen LogP contribution is 2.22. The minimum atomic E-state index is -3.16. The molecule has 1 aliphatic heterocycles. The predicted octanol–water partition coefficient (Wildman–Crippen LogP) is 1.12. The molecule has 2 N–H and O–H groups in total. The Bertz CT molecular complexity index is 652. The lowest BCUT2D eigenvalue weighted by atomic mass is 10.3. The highest BCUT2D eigenvalue weighted by atomic mass is 19.3. The molecule has 0 spiro atoms. The molecule has 0 aromatic heterocycles. The first-order chi connectivity index (χ1) is 12.8. The summed E-state index contributed by atoms with van der Waals surface area (Å²) in [5, 5.41) is 4.71. The van der Waals surface area contributed by atoms with E-state index in [4.69, 9.17) is 0 Å². The van der Waals surface area contributed by atoms with E-state index in [0.717, 1.165) is 44.9 Å². The normalized spacial score (nSPS) is 15.6. The number of anilines is 1. The Morgan fingerprint density at radius 1 is 1.19 bits per heavy atom. The fourth-order valence-electron chi connectivity index (χ4n) is 2.61. The van der Waals surface area contributed by atoms with Crippen molar-refractivity contribution < 1.29 is 27.5 Å². The first kappa shape index (κ1) is 21.0. The quantitative estimate of drug-likeness (QED) is 0.541. The van der Waals surface area contributed by atoms with Crippen LogP contribution in [0, 0.1) is 5.82 Å². The number of carbonyl (C=O) groups excluding carboxylic acids is 2. The molecule has 0 unspecified atom stereocenters. The molecule has 1 aromatic rings. The van der Waals surface area contributed by atoms with E-state index in [2.05, 4.69) is 32.2 Å². The molecule has 1 saturated heterocycles. The van der Waals surface area contributed by atoms with Crippen LogP contribution in [-0.4, -0.2) is 74.5 Å². The van der Waals surface area contributed by atoms with Crippen LogP contribution in [0.1, 0.15) is 6.42 Å². The SMILES string of the molecule is CN1CCN(CCCNC(=O)C(=O)Nc2ccc(OC(F)F)c(F)c2)CC1. The Morgan fingerprint density at radius 2 is 1.89 bits per heavy atom. The van der Waals surface area contributed by atoms with Gasteiger partial charge < -0.3 is 25.2 Å². The highest BCUT2D eigenvalue weighted by Gasteiger charge is 2.16. The van der Waals surface area contributed by atoms with Gasteiger partial charge in [0.1, 0.15) is 0 Å². The number of carbonyl (C=O) groups is 2. The van der Waals surface area contributed by atoms with E-state index in [1.807, 2.05) is 0 Å². The Kier molecular flexibility index (Phi) is 7.86. The number of hydrogen-bond donors (Lipinski definition) is 2. The molecular formula is C17H23F3N4O3. The maximum Gasteiger partial charge on any atom is 0.387 e. The maximum absolute atomic E-state index is 13.6. The van der Waals surface area contributed by atoms with Crippen LogP contribution in [0.25, 0.3) is 0 Å². The van der Waals surface area contributed by atoms with Crippen LogP contribution in [0.3, 0.4) is 0 Å². The van der Waals surface area contributed by atoms with Crippen molar-refractivity contribution in [3.63, 3.8) is 0 Å². The number of likely N-dealkylation sites (N-methyl/N-ethyl adjacent to an activating group) is 1. The van der Waals surface area contributed by atoms with Gasteiger partial charge >= 0.3 is 18.4 Å². The number of piperazine rings is 1. The lowest BCUT2D eigenvalue weighted by molar-refractivity contribution is -0.136. The molecule has 1 fully saturated rings. The lowest BCUT2D eigenvalue weighted by Crippen LogP contribution is -2.45. The van der Waals surface area contributed by atoms with Crippen LogP contribution in [0.4, 0.5) is 18.9 Å². The zero-order valence-corrected chi connectivity index (χ0v) is 15.0. The van der Waals surface area contributed by atoms with Crippen molar-refractivity contribution in [1.29, 1.82) is 0 Å². The Morgan fingerprint density at radius 3 is 2.52 bits per heavy atom. The summed E-state index contributed by atoms with van der Waals surface area (Å²) < 4.78 is 41.7. The molecule has 150 valence electrons. The van der Waals surface area contributed by atoms with Gasteiger partial charge in [0, 0.05) is 44.5 Å². The van der Waals surface area contributed by atoms with Gasteiger partial charge in [0.2, 0.25) is 0 Å². The van der Waals surface area contributed by atoms with Crippen molar-refractivity contribution in [2.45, 2.75) is 13.0 Å². The predicted molar refractivity (Wildman–Crippen MR) is 93.2 cm³/mol. The molecule has 0 bridgehead atoms. The molecule has 1 aliphatic rings. The highest BCUT2D eigenvalue weighted by molar-refractivity contribution is 6.39. The third-order valence-electron chi connectivity index (χ3n) is 4.14. The minimum absolute atomic E-state index is 0.0355. The second-order valence-electron chi connectivity index (χ2n) is 6.23. The van der Waals surface area contributed by atoms with Crippen molar-refractivity contribution >= 4 is 17.5 Å². The van der Waals surface area contributed by atoms with E-state index < -0.39 is 30.0 Å². The van der Waals surface area contributed by atoms with E-state index in [-0.39, 0.29) is 5.69 Å². The van der Waals surface area contributed by atoms with Gasteiger partial charge in [0.25, 0.3) is 0 Å². The summed E-state index contributed by atoms with van der Waals surface area (Å²) in [6.07, 6.45) is 0.705. The summed E-state index contributed by atoms with van der Waals surface area (Å²) in [4.78, 5) is 28.1. The largest absolute Gasteiger partial charge is 0.432 e. The van der Waals surface area contributed by atoms with Crippen molar-refractivity contribution in [2.75, 3.05) is 51.6 Å². The number of alkyl halides is 2. The average Bonchev–Trinajstić information content (AvgIpc) is 2.62. The van der Waals surface area contributed by atoms with Crippen molar-refractivity contribution in [1.82, 2.24) is 15.1 Å². The van der Waals surface area contributed by atoms with Gasteiger partial charge in [0.05, 0.1) is 0 Å². The van der Waals surface area contributed by atoms with Crippen LogP contribution < -0.4 is 15.4 Å². The second kappa shape index (κ2) is 10.1. The molecule has 1 aromatic carbocycles. The van der Waals surface area contributed by atoms with Crippen LogP contribution in [0.15, 0.2) is 18.2 Å². The van der Waals surface area contributed by atoms with Crippen molar-refractivity contribution in [2.24, 2.45) is 0 Å². The molecule has 2 rings (SSSR count). The number of ether oxygens (including phenoxy) is 1. The van der Waals surface area contributed by atoms with E-state index in [1.165, 1.54) is 6.07 Å². The summed E-state index contributed by atoms with van der Waals surface area (Å²) in [6, 6.07) is 2.92. The summed E-state index contributed by atoms with van der Waals surface area (Å²) in [5.74, 6) is -3.52. The monoisotopic (exact) mass is 388 g/mol. The number of nitrogens with one attached hydrogen (secondary N) is 2. The van der Waals surface area contributed by atoms with Crippen LogP contribution in [-0.2, 0) is 9.59 Å². The molecule has 1 heterocycles. The van der Waals surface area contributed by atoms with E-state index in [0.29, 0.717) is 13.0 Å². The topological polar surface area (TPSA) is 73.9 Å². The second-order valence-corrected chi connectivity index (χ2v) is 6.23. The molecule has 0 atom stereocenters. The van der Waals surface area contributed by atoms with Crippen LogP contribution in [0.2, 0.25) is 0 Å². The van der Waals surface area contributed by atoms with Crippen molar-refractivity contribution in [3.8, 4) is 5.75 Å². The number of amides is 2. The lowest BCUT2D eigenvalue weighted by Gasteiger charge is -2.32. The van der Waals surface area contributed by atoms with Crippen LogP contribution >= 0.6 is 0 Å². The summed E-state index contributed by atoms with van der Waals surface area (Å²) in [7, 11) is 2.07. The molecule has 0 radical (unpaired) electrons. The van der Waals surface area contributed by atoms with Gasteiger partial charge in [-0.25, -0.2) is 4.39 Å². The number of nitrogens with zero attached hydrogens (tertiary/aromatic N) is 2. The summed E-state index contributed by atoms with van der Waals surface area (Å²) >= 11 is 0. The smallest absolute Gasteiger partial charge is 0.387 e. The molecule has 7 nitrogen and oxygen atoms in total. The van der Waals surface area contributed by atoms with Gasteiger partial charge in [-0.05, 0) is 32.1 Å². The molecule has 0 saturated carbocycles. The van der Waals surface area contributed by atoms with Gasteiger partial charge in [-0.15, -0.1) is 0 Å².